The second kappa shape index (κ2) is 72.5. The highest BCUT2D eigenvalue weighted by atomic mass is 31.2. The summed E-state index contributed by atoms with van der Waals surface area (Å²) in [6, 6.07) is 0. The van der Waals surface area contributed by atoms with E-state index in [1.807, 2.05) is 12.2 Å². The van der Waals surface area contributed by atoms with Crippen molar-refractivity contribution in [3.05, 3.63) is 134 Å². The van der Waals surface area contributed by atoms with Gasteiger partial charge in [-0.2, -0.15) is 0 Å². The Bertz CT molecular complexity index is 2420. The first-order valence-electron chi connectivity index (χ1n) is 38.4. The maximum absolute atomic E-state index is 13.1. The molecule has 0 spiro atoms. The van der Waals surface area contributed by atoms with Gasteiger partial charge in [-0.25, -0.2) is 9.13 Å². The minimum Gasteiger partial charge on any atom is -0.462 e. The molecule has 0 heterocycles. The first-order valence-corrected chi connectivity index (χ1v) is 41.4. The van der Waals surface area contributed by atoms with Crippen LogP contribution in [0.3, 0.4) is 0 Å². The Kier molecular flexibility index (Phi) is 69.1. The molecule has 0 radical (unpaired) electrons. The van der Waals surface area contributed by atoms with Gasteiger partial charge in [0.15, 0.2) is 12.2 Å². The number of allylic oxidation sites excluding steroid dienone is 21. The number of esters is 4. The van der Waals surface area contributed by atoms with E-state index in [0.29, 0.717) is 25.7 Å². The first-order chi connectivity index (χ1) is 48.7. The summed E-state index contributed by atoms with van der Waals surface area (Å²) in [6.45, 7) is 4.46. The molecule has 0 aliphatic carbocycles. The number of rotatable bonds is 71. The molecule has 0 amide bonds. The highest BCUT2D eigenvalue weighted by Crippen LogP contribution is 2.45. The predicted octanol–water partition coefficient (Wildman–Crippen LogP) is 22.1. The number of hydrogen-bond acceptors (Lipinski definition) is 15. The normalized spacial score (nSPS) is 14.7. The molecule has 0 saturated heterocycles. The average Bonchev–Trinajstić information content (AvgIpc) is 0.932. The molecule has 0 fully saturated rings. The average molecular weight is 1440 g/mol. The van der Waals surface area contributed by atoms with Crippen molar-refractivity contribution in [2.24, 2.45) is 0 Å². The van der Waals surface area contributed by atoms with Gasteiger partial charge in [0.05, 0.1) is 32.8 Å². The molecule has 0 saturated carbocycles. The van der Waals surface area contributed by atoms with Crippen LogP contribution in [0.15, 0.2) is 134 Å². The van der Waals surface area contributed by atoms with Gasteiger partial charge in [-0.15, -0.1) is 0 Å². The molecule has 572 valence electrons. The van der Waals surface area contributed by atoms with Crippen molar-refractivity contribution in [1.82, 2.24) is 0 Å². The minimum absolute atomic E-state index is 0.0897. The van der Waals surface area contributed by atoms with Crippen molar-refractivity contribution in [2.75, 3.05) is 39.6 Å². The second-order valence-corrected chi connectivity index (χ2v) is 28.1. The molecule has 17 nitrogen and oxygen atoms in total. The molecule has 0 bridgehead atoms. The van der Waals surface area contributed by atoms with E-state index in [2.05, 4.69) is 137 Å². The highest BCUT2D eigenvalue weighted by Gasteiger charge is 2.30. The molecule has 5 unspecified atom stereocenters. The zero-order chi connectivity index (χ0) is 73.2. The number of carbonyl (C=O) groups excluding carboxylic acids is 4. The Morgan fingerprint density at radius 1 is 0.300 bits per heavy atom. The fourth-order valence-electron chi connectivity index (χ4n) is 9.85. The van der Waals surface area contributed by atoms with Gasteiger partial charge in [0, 0.05) is 19.3 Å². The fourth-order valence-corrected chi connectivity index (χ4v) is 11.4. The van der Waals surface area contributed by atoms with Crippen LogP contribution in [0.4, 0.5) is 0 Å². The molecule has 0 rings (SSSR count). The van der Waals surface area contributed by atoms with E-state index >= 15 is 0 Å². The maximum atomic E-state index is 13.1. The maximum Gasteiger partial charge on any atom is 0.472 e. The Hall–Kier alpha value is -4.80. The van der Waals surface area contributed by atoms with Crippen LogP contribution in [-0.2, 0) is 65.4 Å². The van der Waals surface area contributed by atoms with Gasteiger partial charge in [0.2, 0.25) is 0 Å². The van der Waals surface area contributed by atoms with Crippen LogP contribution in [0.25, 0.3) is 0 Å². The van der Waals surface area contributed by atoms with E-state index in [-0.39, 0.29) is 25.7 Å². The van der Waals surface area contributed by atoms with Crippen LogP contribution in [0, 0.1) is 0 Å². The Labute approximate surface area is 605 Å². The van der Waals surface area contributed by atoms with Gasteiger partial charge in [-0.05, 0) is 122 Å². The molecular weight excluding hydrogens is 1310 g/mol. The number of carbonyl (C=O) groups is 4. The molecule has 0 aliphatic rings. The summed E-state index contributed by atoms with van der Waals surface area (Å²) in [5, 5.41) is 10.6. The Balaban J connectivity index is 5.45. The Morgan fingerprint density at radius 3 is 0.910 bits per heavy atom. The van der Waals surface area contributed by atoms with E-state index in [1.165, 1.54) is 70.6 Å². The summed E-state index contributed by atoms with van der Waals surface area (Å²) in [6.07, 6.45) is 80.4. The van der Waals surface area contributed by atoms with Crippen molar-refractivity contribution < 1.29 is 80.2 Å². The standard InChI is InChI=1S/C81H136O17P2/c1-5-9-13-17-21-25-29-33-36-37-40-43-46-50-54-58-62-66-79(84)92-72-77(98-81(86)68-64-60-56-52-48-44-39-35-31-27-23-19-15-11-7-3)74-96-100(89,90)94-70-75(82)69-93-99(87,88)95-73-76(97-80(85)67-63-59-55-51-47-41-32-28-24-20-16-12-8-4)71-91-78(83)65-61-57-53-49-45-42-38-34-30-26-22-18-14-10-6-2/h9,11,13,15,21-23,25-27,33-36,38-40,43,48,52,60,64,75-77,82H,5-8,10,12,14,16-20,24,28-32,37,41-42,44-47,49-51,53-59,61-63,65-74H2,1-4H3,(H,87,88)(H,89,90)/b13-9-,15-11-,25-21-,26-22-,27-23-,36-33-,38-34-,39-35-,43-40-,52-48-,64-60-. The topological polar surface area (TPSA) is 237 Å². The van der Waals surface area contributed by atoms with Gasteiger partial charge in [0.25, 0.3) is 0 Å². The number of ether oxygens (including phenoxy) is 4. The summed E-state index contributed by atoms with van der Waals surface area (Å²) < 4.78 is 68.3. The lowest BCUT2D eigenvalue weighted by atomic mass is 10.0. The van der Waals surface area contributed by atoms with Crippen molar-refractivity contribution in [3.63, 3.8) is 0 Å². The van der Waals surface area contributed by atoms with E-state index in [9.17, 15) is 43.2 Å². The van der Waals surface area contributed by atoms with E-state index in [4.69, 9.17) is 37.0 Å². The monoisotopic (exact) mass is 1440 g/mol. The van der Waals surface area contributed by atoms with Crippen LogP contribution in [0.5, 0.6) is 0 Å². The lowest BCUT2D eigenvalue weighted by Gasteiger charge is -2.21. The SMILES string of the molecule is CC/C=C\C/C=C\C/C=C\C/C=C\C/C=C\CC(=O)OC(COC(=O)CCCCCC/C=C\C/C=C\C/C=C\C/C=C\CC)COP(=O)(O)OCC(O)COP(=O)(O)OCC(COC(=O)CCCCCCC/C=C\C/C=C\CCCCC)OC(=O)CCCCCCCCCCCCCCC. The first kappa shape index (κ1) is 95.2. The molecule has 0 aromatic heterocycles. The smallest absolute Gasteiger partial charge is 0.462 e. The third-order valence-corrected chi connectivity index (χ3v) is 17.5. The summed E-state index contributed by atoms with van der Waals surface area (Å²) in [4.78, 5) is 72.8. The van der Waals surface area contributed by atoms with Crippen LogP contribution in [0.2, 0.25) is 0 Å². The van der Waals surface area contributed by atoms with Gasteiger partial charge in [0.1, 0.15) is 19.3 Å². The largest absolute Gasteiger partial charge is 0.472 e. The number of hydrogen-bond donors (Lipinski definition) is 3. The molecule has 19 heteroatoms. The van der Waals surface area contributed by atoms with Crippen LogP contribution < -0.4 is 0 Å². The number of phosphoric ester groups is 2. The summed E-state index contributed by atoms with van der Waals surface area (Å²) in [5.74, 6) is -2.36. The molecule has 100 heavy (non-hydrogen) atoms. The second-order valence-electron chi connectivity index (χ2n) is 25.2. The van der Waals surface area contributed by atoms with Crippen LogP contribution in [-0.4, -0.2) is 96.7 Å². The molecule has 3 N–H and O–H groups in total. The van der Waals surface area contributed by atoms with E-state index in [1.54, 1.807) is 12.2 Å². The van der Waals surface area contributed by atoms with Crippen LogP contribution in [0.1, 0.15) is 297 Å². The third kappa shape index (κ3) is 71.6. The van der Waals surface area contributed by atoms with Gasteiger partial charge in [-0.1, -0.05) is 283 Å². The van der Waals surface area contributed by atoms with Gasteiger partial charge in [-0.3, -0.25) is 37.3 Å². The number of phosphoric acid groups is 2. The number of aliphatic hydroxyl groups excluding tert-OH is 1. The quantitative estimate of drug-likeness (QED) is 0.0169. The zero-order valence-corrected chi connectivity index (χ0v) is 64.1. The number of aliphatic hydroxyl groups is 1. The Morgan fingerprint density at radius 2 is 0.560 bits per heavy atom. The third-order valence-electron chi connectivity index (χ3n) is 15.6. The van der Waals surface area contributed by atoms with Crippen molar-refractivity contribution in [1.29, 1.82) is 0 Å². The fraction of sp³-hybridized carbons (Fsp3) is 0.679. The zero-order valence-electron chi connectivity index (χ0n) is 62.3. The van der Waals surface area contributed by atoms with Crippen molar-refractivity contribution >= 4 is 39.5 Å². The lowest BCUT2D eigenvalue weighted by molar-refractivity contribution is -0.161. The summed E-state index contributed by atoms with van der Waals surface area (Å²) >= 11 is 0. The van der Waals surface area contributed by atoms with Crippen LogP contribution >= 0.6 is 15.6 Å². The van der Waals surface area contributed by atoms with E-state index < -0.39 is 97.5 Å². The van der Waals surface area contributed by atoms with Gasteiger partial charge < -0.3 is 33.8 Å². The van der Waals surface area contributed by atoms with Crippen molar-refractivity contribution in [2.45, 2.75) is 316 Å². The molecular formula is C81H136O17P2. The minimum atomic E-state index is -5.01. The molecule has 0 aromatic rings. The van der Waals surface area contributed by atoms with E-state index in [0.717, 1.165) is 148 Å². The molecule has 0 aliphatic heterocycles. The summed E-state index contributed by atoms with van der Waals surface area (Å²) in [7, 11) is -9.99. The van der Waals surface area contributed by atoms with Crippen molar-refractivity contribution in [3.8, 4) is 0 Å². The summed E-state index contributed by atoms with van der Waals surface area (Å²) in [5.41, 5.74) is 0. The molecule has 0 aromatic carbocycles. The number of unbranched alkanes of at least 4 members (excludes halogenated alkanes) is 24. The highest BCUT2D eigenvalue weighted by molar-refractivity contribution is 7.47. The van der Waals surface area contributed by atoms with Gasteiger partial charge >= 0.3 is 39.5 Å². The molecule has 5 atom stereocenters. The predicted molar refractivity (Wildman–Crippen MR) is 408 cm³/mol. The lowest BCUT2D eigenvalue weighted by Crippen LogP contribution is -2.30.